The van der Waals surface area contributed by atoms with Crippen LogP contribution in [-0.4, -0.2) is 28.4 Å². The van der Waals surface area contributed by atoms with E-state index in [4.69, 9.17) is 11.6 Å². The van der Waals surface area contributed by atoms with Crippen LogP contribution in [0.15, 0.2) is 61.2 Å². The molecule has 0 atom stereocenters. The first-order valence-electron chi connectivity index (χ1n) is 7.12. The highest BCUT2D eigenvalue weighted by atomic mass is 35.5. The van der Waals surface area contributed by atoms with E-state index in [0.29, 0.717) is 0 Å². The van der Waals surface area contributed by atoms with Gasteiger partial charge in [-0.05, 0) is 17.7 Å². The van der Waals surface area contributed by atoms with Crippen LogP contribution in [0.5, 0.6) is 0 Å². The third-order valence-corrected chi connectivity index (χ3v) is 3.82. The van der Waals surface area contributed by atoms with Gasteiger partial charge in [-0.15, -0.1) is 0 Å². The molecule has 0 radical (unpaired) electrons. The van der Waals surface area contributed by atoms with Gasteiger partial charge < -0.3 is 4.90 Å². The molecule has 0 spiro atoms. The fraction of sp³-hybridized carbons (Fsp3) is 0.176. The summed E-state index contributed by atoms with van der Waals surface area (Å²) >= 11 is 6.19. The van der Waals surface area contributed by atoms with Crippen LogP contribution in [0.3, 0.4) is 0 Å². The Labute approximate surface area is 135 Å². The summed E-state index contributed by atoms with van der Waals surface area (Å²) in [6.07, 6.45) is 3.28. The van der Waals surface area contributed by atoms with Gasteiger partial charge in [0.25, 0.3) is 0 Å². The van der Waals surface area contributed by atoms with Crippen LogP contribution in [0.1, 0.15) is 0 Å². The molecule has 3 rings (SSSR count). The highest BCUT2D eigenvalue weighted by Gasteiger charge is 2.10. The Morgan fingerprint density at radius 1 is 1.14 bits per heavy atom. The summed E-state index contributed by atoms with van der Waals surface area (Å²) in [6.45, 7) is 1.60. The van der Waals surface area contributed by atoms with E-state index in [0.717, 1.165) is 23.8 Å². The predicted octanol–water partition coefficient (Wildman–Crippen LogP) is 3.73. The maximum atomic E-state index is 6.19. The number of anilines is 1. The van der Waals surface area contributed by atoms with Gasteiger partial charge in [-0.1, -0.05) is 48.0 Å². The molecule has 0 N–H and O–H groups in total. The lowest BCUT2D eigenvalue weighted by atomic mass is 10.0. The first-order chi connectivity index (χ1) is 10.7. The second kappa shape index (κ2) is 6.62. The van der Waals surface area contributed by atoms with Crippen molar-refractivity contribution in [3.05, 3.63) is 66.2 Å². The summed E-state index contributed by atoms with van der Waals surface area (Å²) in [7, 11) is 2.06. The Bertz CT molecular complexity index is 726. The van der Waals surface area contributed by atoms with Gasteiger partial charge >= 0.3 is 0 Å². The molecule has 1 heterocycles. The number of hydrogen-bond acceptors (Lipinski definition) is 3. The lowest BCUT2D eigenvalue weighted by Crippen LogP contribution is -2.23. The summed E-state index contributed by atoms with van der Waals surface area (Å²) in [5, 5.41) is 4.87. The zero-order valence-electron chi connectivity index (χ0n) is 12.4. The molecule has 22 heavy (non-hydrogen) atoms. The Hall–Kier alpha value is -2.33. The number of likely N-dealkylation sites (N-methyl/N-ethyl adjacent to an activating group) is 1. The molecule has 2 aromatic carbocycles. The second-order valence-corrected chi connectivity index (χ2v) is 5.54. The molecule has 0 bridgehead atoms. The molecule has 0 fully saturated rings. The molecule has 1 aromatic heterocycles. The van der Waals surface area contributed by atoms with E-state index in [2.05, 4.69) is 40.2 Å². The van der Waals surface area contributed by atoms with E-state index in [1.807, 2.05) is 35.0 Å². The van der Waals surface area contributed by atoms with Gasteiger partial charge in [-0.2, -0.15) is 5.10 Å². The fourth-order valence-electron chi connectivity index (χ4n) is 2.40. The first-order valence-corrected chi connectivity index (χ1v) is 7.50. The SMILES string of the molecule is CN(CCn1cncn1)c1cc(Cl)ccc1-c1ccccc1. The van der Waals surface area contributed by atoms with E-state index in [1.165, 1.54) is 11.1 Å². The molecule has 3 aromatic rings. The fourth-order valence-corrected chi connectivity index (χ4v) is 2.57. The van der Waals surface area contributed by atoms with Crippen molar-refractivity contribution in [1.29, 1.82) is 0 Å². The summed E-state index contributed by atoms with van der Waals surface area (Å²) < 4.78 is 1.82. The minimum Gasteiger partial charge on any atom is -0.372 e. The normalized spacial score (nSPS) is 10.6. The van der Waals surface area contributed by atoms with E-state index < -0.39 is 0 Å². The summed E-state index contributed by atoms with van der Waals surface area (Å²) in [4.78, 5) is 6.15. The van der Waals surface area contributed by atoms with Crippen molar-refractivity contribution in [2.24, 2.45) is 0 Å². The molecule has 112 valence electrons. The van der Waals surface area contributed by atoms with Gasteiger partial charge in [-0.3, -0.25) is 4.68 Å². The Balaban J connectivity index is 1.86. The molecule has 0 saturated heterocycles. The third-order valence-electron chi connectivity index (χ3n) is 3.59. The molecule has 0 aliphatic rings. The van der Waals surface area contributed by atoms with Crippen molar-refractivity contribution >= 4 is 17.3 Å². The number of nitrogens with zero attached hydrogens (tertiary/aromatic N) is 4. The highest BCUT2D eigenvalue weighted by molar-refractivity contribution is 6.31. The standard InChI is InChI=1S/C17H17ClN4/c1-21(9-10-22-13-19-12-20-22)17-11-15(18)7-8-16(17)14-5-3-2-4-6-14/h2-8,11-13H,9-10H2,1H3. The van der Waals surface area contributed by atoms with Crippen LogP contribution in [0.25, 0.3) is 11.1 Å². The van der Waals surface area contributed by atoms with Crippen LogP contribution >= 0.6 is 11.6 Å². The van der Waals surface area contributed by atoms with Crippen molar-refractivity contribution in [2.45, 2.75) is 6.54 Å². The number of rotatable bonds is 5. The molecular formula is C17H17ClN4. The number of aromatic nitrogens is 3. The minimum atomic E-state index is 0.738. The van der Waals surface area contributed by atoms with Gasteiger partial charge in [0, 0.05) is 29.9 Å². The maximum Gasteiger partial charge on any atom is 0.137 e. The molecule has 5 heteroatoms. The van der Waals surface area contributed by atoms with Crippen LogP contribution in [0, 0.1) is 0 Å². The van der Waals surface area contributed by atoms with E-state index in [9.17, 15) is 0 Å². The van der Waals surface area contributed by atoms with E-state index in [1.54, 1.807) is 12.7 Å². The number of hydrogen-bond donors (Lipinski definition) is 0. The second-order valence-electron chi connectivity index (χ2n) is 5.11. The van der Waals surface area contributed by atoms with Gasteiger partial charge in [0.1, 0.15) is 12.7 Å². The van der Waals surface area contributed by atoms with E-state index >= 15 is 0 Å². The Kier molecular flexibility index (Phi) is 4.39. The lowest BCUT2D eigenvalue weighted by Gasteiger charge is -2.23. The number of benzene rings is 2. The number of halogens is 1. The zero-order valence-corrected chi connectivity index (χ0v) is 13.1. The van der Waals surface area contributed by atoms with Gasteiger partial charge in [0.2, 0.25) is 0 Å². The summed E-state index contributed by atoms with van der Waals surface area (Å²) in [5.41, 5.74) is 3.46. The molecular weight excluding hydrogens is 296 g/mol. The Morgan fingerprint density at radius 2 is 1.95 bits per heavy atom. The van der Waals surface area contributed by atoms with Crippen LogP contribution in [0.2, 0.25) is 5.02 Å². The molecule has 0 saturated carbocycles. The van der Waals surface area contributed by atoms with Crippen molar-refractivity contribution < 1.29 is 0 Å². The largest absolute Gasteiger partial charge is 0.372 e. The van der Waals surface area contributed by atoms with Crippen molar-refractivity contribution in [3.63, 3.8) is 0 Å². The maximum absolute atomic E-state index is 6.19. The topological polar surface area (TPSA) is 34.0 Å². The molecule has 0 aliphatic heterocycles. The quantitative estimate of drug-likeness (QED) is 0.720. The minimum absolute atomic E-state index is 0.738. The molecule has 4 nitrogen and oxygen atoms in total. The third kappa shape index (κ3) is 3.28. The van der Waals surface area contributed by atoms with Crippen LogP contribution in [-0.2, 0) is 6.54 Å². The van der Waals surface area contributed by atoms with Gasteiger partial charge in [0.05, 0.1) is 6.54 Å². The smallest absolute Gasteiger partial charge is 0.137 e. The highest BCUT2D eigenvalue weighted by Crippen LogP contribution is 2.32. The van der Waals surface area contributed by atoms with Crippen molar-refractivity contribution in [3.8, 4) is 11.1 Å². The molecule has 0 amide bonds. The Morgan fingerprint density at radius 3 is 2.68 bits per heavy atom. The first kappa shape index (κ1) is 14.6. The van der Waals surface area contributed by atoms with Crippen molar-refractivity contribution in [2.75, 3.05) is 18.5 Å². The summed E-state index contributed by atoms with van der Waals surface area (Å²) in [6, 6.07) is 16.3. The predicted molar refractivity (Wildman–Crippen MR) is 90.2 cm³/mol. The van der Waals surface area contributed by atoms with Crippen LogP contribution < -0.4 is 4.90 Å². The lowest BCUT2D eigenvalue weighted by molar-refractivity contribution is 0.610. The average molecular weight is 313 g/mol. The zero-order chi connectivity index (χ0) is 15.4. The molecule has 0 unspecified atom stereocenters. The van der Waals surface area contributed by atoms with Crippen molar-refractivity contribution in [1.82, 2.24) is 14.8 Å². The van der Waals surface area contributed by atoms with Crippen LogP contribution in [0.4, 0.5) is 5.69 Å². The molecule has 0 aliphatic carbocycles. The van der Waals surface area contributed by atoms with Gasteiger partial charge in [-0.25, -0.2) is 4.98 Å². The van der Waals surface area contributed by atoms with E-state index in [-0.39, 0.29) is 0 Å². The monoisotopic (exact) mass is 312 g/mol. The average Bonchev–Trinajstić information content (AvgIpc) is 3.07. The summed E-state index contributed by atoms with van der Waals surface area (Å²) in [5.74, 6) is 0. The van der Waals surface area contributed by atoms with Gasteiger partial charge in [0.15, 0.2) is 0 Å².